The fourth-order valence-electron chi connectivity index (χ4n) is 7.11. The summed E-state index contributed by atoms with van der Waals surface area (Å²) < 4.78 is 7.22. The molecule has 1 saturated heterocycles. The summed E-state index contributed by atoms with van der Waals surface area (Å²) in [6, 6.07) is 16.2. The van der Waals surface area contributed by atoms with Gasteiger partial charge in [-0.05, 0) is 74.5 Å². The number of pyridine rings is 2. The van der Waals surface area contributed by atoms with Gasteiger partial charge >= 0.3 is 6.03 Å². The lowest BCUT2D eigenvalue weighted by molar-refractivity contribution is 0.208. The third-order valence-corrected chi connectivity index (χ3v) is 10.2. The maximum Gasteiger partial charge on any atom is 0.315 e. The van der Waals surface area contributed by atoms with E-state index in [1.54, 1.807) is 32.6 Å². The third kappa shape index (κ3) is 7.13. The van der Waals surface area contributed by atoms with Crippen LogP contribution in [0.4, 0.5) is 16.3 Å². The molecule has 266 valence electrons. The standard InChI is InChI=1S/C37H39ClN8O3.C2H6/c1-21-25(7-6-10-28(21)43-34-32-23(13-16-39-34)20-41-46(3)36(32)47)26-8-5-9-27(33(26)38)29-19-22-11-12-30(31(22)35(44-29)49-4)45(2)18-15-24-14-17-40-37(48)42-24;1-2/h5-10,13,16,19-20,24,30H,11-12,14-15,17-18H2,1-4H3,(H,39,43)(H2,40,42,48);1-2H3. The number of hydrogen-bond acceptors (Lipinski definition) is 8. The molecule has 0 saturated carbocycles. The first kappa shape index (κ1) is 35.8. The predicted molar refractivity (Wildman–Crippen MR) is 204 cm³/mol. The van der Waals surface area contributed by atoms with Crippen LogP contribution in [0.3, 0.4) is 0 Å². The van der Waals surface area contributed by atoms with E-state index in [1.807, 2.05) is 57.2 Å². The Morgan fingerprint density at radius 1 is 1.08 bits per heavy atom. The van der Waals surface area contributed by atoms with Crippen LogP contribution in [-0.2, 0) is 13.5 Å². The van der Waals surface area contributed by atoms with Gasteiger partial charge in [0.25, 0.3) is 5.56 Å². The zero-order chi connectivity index (χ0) is 36.2. The SMILES string of the molecule is CC.COc1nc(-c2cccc(-c3cccc(Nc4nccc5cnn(C)c(=O)c45)c3C)c2Cl)cc2c1C(N(C)CCC1CCNC(=O)N1)CC2. The highest BCUT2D eigenvalue weighted by molar-refractivity contribution is 6.36. The Bertz CT molecular complexity index is 2130. The van der Waals surface area contributed by atoms with Crippen molar-refractivity contribution in [3.63, 3.8) is 0 Å². The molecule has 5 aromatic rings. The molecular formula is C39H45ClN8O3. The summed E-state index contributed by atoms with van der Waals surface area (Å²) in [5.41, 5.74) is 7.29. The van der Waals surface area contributed by atoms with E-state index < -0.39 is 0 Å². The highest BCUT2D eigenvalue weighted by Crippen LogP contribution is 2.44. The average molecular weight is 709 g/mol. The van der Waals surface area contributed by atoms with Crippen molar-refractivity contribution in [1.29, 1.82) is 0 Å². The van der Waals surface area contributed by atoms with Crippen molar-refractivity contribution in [1.82, 2.24) is 35.3 Å². The maximum atomic E-state index is 13.0. The van der Waals surface area contributed by atoms with Gasteiger partial charge in [-0.1, -0.05) is 55.8 Å². The molecule has 3 N–H and O–H groups in total. The van der Waals surface area contributed by atoms with Crippen LogP contribution in [0, 0.1) is 6.92 Å². The molecule has 0 spiro atoms. The molecule has 7 rings (SSSR count). The van der Waals surface area contributed by atoms with Crippen LogP contribution in [0.2, 0.25) is 5.02 Å². The number of nitrogens with one attached hydrogen (secondary N) is 3. The minimum absolute atomic E-state index is 0.0878. The molecule has 51 heavy (non-hydrogen) atoms. The summed E-state index contributed by atoms with van der Waals surface area (Å²) in [5, 5.41) is 15.2. The van der Waals surface area contributed by atoms with E-state index in [0.29, 0.717) is 34.0 Å². The van der Waals surface area contributed by atoms with Crippen LogP contribution < -0.4 is 26.2 Å². The van der Waals surface area contributed by atoms with Crippen molar-refractivity contribution >= 4 is 39.9 Å². The van der Waals surface area contributed by atoms with E-state index in [0.717, 1.165) is 71.4 Å². The second kappa shape index (κ2) is 15.5. The van der Waals surface area contributed by atoms with Crippen molar-refractivity contribution < 1.29 is 9.53 Å². The van der Waals surface area contributed by atoms with E-state index >= 15 is 0 Å². The Hall–Kier alpha value is -5.00. The fraction of sp³-hybridized carbons (Fsp3) is 0.359. The molecule has 2 atom stereocenters. The number of halogens is 1. The summed E-state index contributed by atoms with van der Waals surface area (Å²) in [5.74, 6) is 1.09. The number of hydrogen-bond donors (Lipinski definition) is 3. The number of methoxy groups -OCH3 is 1. The minimum Gasteiger partial charge on any atom is -0.481 e. The van der Waals surface area contributed by atoms with Gasteiger partial charge < -0.3 is 20.7 Å². The number of rotatable bonds is 9. The van der Waals surface area contributed by atoms with Gasteiger partial charge in [0.1, 0.15) is 5.82 Å². The van der Waals surface area contributed by atoms with Gasteiger partial charge in [-0.15, -0.1) is 0 Å². The zero-order valence-corrected chi connectivity index (χ0v) is 30.8. The summed E-state index contributed by atoms with van der Waals surface area (Å²) >= 11 is 7.22. The van der Waals surface area contributed by atoms with E-state index in [2.05, 4.69) is 44.0 Å². The molecule has 3 aromatic heterocycles. The number of nitrogens with zero attached hydrogens (tertiary/aromatic N) is 5. The minimum atomic E-state index is -0.222. The Morgan fingerprint density at radius 3 is 2.63 bits per heavy atom. The Kier molecular flexibility index (Phi) is 10.9. The van der Waals surface area contributed by atoms with Crippen LogP contribution in [0.25, 0.3) is 33.2 Å². The Morgan fingerprint density at radius 2 is 1.84 bits per heavy atom. The van der Waals surface area contributed by atoms with Crippen molar-refractivity contribution in [2.75, 3.05) is 32.6 Å². The summed E-state index contributed by atoms with van der Waals surface area (Å²) in [7, 11) is 5.43. The Balaban J connectivity index is 0.00000220. The number of aromatic nitrogens is 4. The molecule has 0 bridgehead atoms. The molecule has 2 aliphatic rings. The highest BCUT2D eigenvalue weighted by atomic mass is 35.5. The topological polar surface area (TPSA) is 126 Å². The lowest BCUT2D eigenvalue weighted by Gasteiger charge is -2.30. The normalized spacial score (nSPS) is 16.6. The second-order valence-corrected chi connectivity index (χ2v) is 13.1. The van der Waals surface area contributed by atoms with Crippen LogP contribution >= 0.6 is 11.6 Å². The number of amides is 2. The maximum absolute atomic E-state index is 13.0. The van der Waals surface area contributed by atoms with Gasteiger partial charge in [-0.2, -0.15) is 5.10 Å². The number of carbonyl (C=O) groups is 1. The lowest BCUT2D eigenvalue weighted by atomic mass is 9.96. The first-order chi connectivity index (χ1) is 24.7. The van der Waals surface area contributed by atoms with Crippen LogP contribution in [0.15, 0.2) is 65.7 Å². The first-order valence-corrected chi connectivity index (χ1v) is 17.9. The predicted octanol–water partition coefficient (Wildman–Crippen LogP) is 7.18. The van der Waals surface area contributed by atoms with Gasteiger partial charge in [0.2, 0.25) is 5.88 Å². The third-order valence-electron chi connectivity index (χ3n) is 9.81. The summed E-state index contributed by atoms with van der Waals surface area (Å²) in [6.45, 7) is 7.59. The van der Waals surface area contributed by atoms with Crippen molar-refractivity contribution in [3.8, 4) is 28.3 Å². The second-order valence-electron chi connectivity index (χ2n) is 12.8. The average Bonchev–Trinajstić information content (AvgIpc) is 3.58. The van der Waals surface area contributed by atoms with Gasteiger partial charge in [-0.3, -0.25) is 9.69 Å². The number of ether oxygens (including phenoxy) is 1. The van der Waals surface area contributed by atoms with Crippen LogP contribution in [0.1, 0.15) is 55.8 Å². The molecule has 1 aliphatic carbocycles. The Labute approximate surface area is 303 Å². The number of anilines is 2. The van der Waals surface area contributed by atoms with Crippen molar-refractivity contribution in [2.45, 2.75) is 58.5 Å². The van der Waals surface area contributed by atoms with E-state index in [4.69, 9.17) is 21.3 Å². The van der Waals surface area contributed by atoms with E-state index in [9.17, 15) is 9.59 Å². The molecule has 2 unspecified atom stereocenters. The molecule has 1 aliphatic heterocycles. The first-order valence-electron chi connectivity index (χ1n) is 17.5. The largest absolute Gasteiger partial charge is 0.481 e. The van der Waals surface area contributed by atoms with Crippen LogP contribution in [-0.4, -0.2) is 64.0 Å². The summed E-state index contributed by atoms with van der Waals surface area (Å²) in [4.78, 5) is 36.6. The van der Waals surface area contributed by atoms with Crippen molar-refractivity contribution in [2.24, 2.45) is 7.05 Å². The molecule has 0 radical (unpaired) electrons. The molecule has 2 amide bonds. The summed E-state index contributed by atoms with van der Waals surface area (Å²) in [6.07, 6.45) is 7.02. The number of fused-ring (bicyclic) bond motifs is 2. The molecular weight excluding hydrogens is 664 g/mol. The fourth-order valence-corrected chi connectivity index (χ4v) is 7.44. The van der Waals surface area contributed by atoms with E-state index in [1.165, 1.54) is 10.2 Å². The zero-order valence-electron chi connectivity index (χ0n) is 30.0. The van der Waals surface area contributed by atoms with Crippen molar-refractivity contribution in [3.05, 3.63) is 93.0 Å². The monoisotopic (exact) mass is 708 g/mol. The highest BCUT2D eigenvalue weighted by Gasteiger charge is 2.32. The molecule has 12 heteroatoms. The van der Waals surface area contributed by atoms with Gasteiger partial charge in [0, 0.05) is 66.2 Å². The number of urea groups is 1. The van der Waals surface area contributed by atoms with Crippen LogP contribution in [0.5, 0.6) is 5.88 Å². The number of carbonyl (C=O) groups excluding carboxylic acids is 1. The number of aryl methyl sites for hydroxylation is 2. The number of benzene rings is 2. The molecule has 2 aromatic carbocycles. The molecule has 4 heterocycles. The van der Waals surface area contributed by atoms with Gasteiger partial charge in [0.15, 0.2) is 0 Å². The van der Waals surface area contributed by atoms with E-state index in [-0.39, 0.29) is 23.7 Å². The van der Waals surface area contributed by atoms with Gasteiger partial charge in [0.05, 0.1) is 29.4 Å². The van der Waals surface area contributed by atoms with Gasteiger partial charge in [-0.25, -0.2) is 19.4 Å². The smallest absolute Gasteiger partial charge is 0.315 e. The lowest BCUT2D eigenvalue weighted by Crippen LogP contribution is -2.50. The quantitative estimate of drug-likeness (QED) is 0.147. The molecule has 1 fully saturated rings. The molecule has 11 nitrogen and oxygen atoms in total.